The second kappa shape index (κ2) is 6.40. The van der Waals surface area contributed by atoms with Crippen molar-refractivity contribution in [3.05, 3.63) is 59.4 Å². The number of para-hydroxylation sites is 1. The van der Waals surface area contributed by atoms with Crippen LogP contribution in [-0.4, -0.2) is 33.1 Å². The van der Waals surface area contributed by atoms with E-state index in [0.717, 1.165) is 35.2 Å². The first-order chi connectivity index (χ1) is 12.5. The summed E-state index contributed by atoms with van der Waals surface area (Å²) < 4.78 is 0. The number of amides is 2. The van der Waals surface area contributed by atoms with Gasteiger partial charge in [-0.3, -0.25) is 4.98 Å². The Hall–Kier alpha value is -2.40. The van der Waals surface area contributed by atoms with E-state index >= 15 is 0 Å². The van der Waals surface area contributed by atoms with Crippen LogP contribution in [0.1, 0.15) is 42.4 Å². The van der Waals surface area contributed by atoms with E-state index in [1.807, 2.05) is 49.1 Å². The molecule has 1 aromatic carbocycles. The van der Waals surface area contributed by atoms with Crippen LogP contribution >= 0.6 is 0 Å². The van der Waals surface area contributed by atoms with Gasteiger partial charge >= 0.3 is 6.03 Å². The quantitative estimate of drug-likeness (QED) is 0.866. The molecule has 2 aliphatic rings. The van der Waals surface area contributed by atoms with Gasteiger partial charge in [-0.1, -0.05) is 24.3 Å². The molecule has 0 spiro atoms. The first-order valence-electron chi connectivity index (χ1n) is 9.26. The number of hydrogen-bond acceptors (Lipinski definition) is 3. The molecule has 2 aliphatic heterocycles. The second-order valence-corrected chi connectivity index (χ2v) is 7.67. The molecule has 2 bridgehead atoms. The number of nitrogens with zero attached hydrogens (tertiary/aromatic N) is 2. The number of pyridine rings is 1. The Bertz CT molecular complexity index is 787. The Labute approximate surface area is 154 Å². The molecular formula is C21H25N3O2. The van der Waals surface area contributed by atoms with Gasteiger partial charge in [0.05, 0.1) is 5.60 Å². The van der Waals surface area contributed by atoms with E-state index in [0.29, 0.717) is 12.8 Å². The van der Waals surface area contributed by atoms with Crippen LogP contribution in [0.5, 0.6) is 0 Å². The average Bonchev–Trinajstić information content (AvgIpc) is 2.91. The third kappa shape index (κ3) is 2.86. The van der Waals surface area contributed by atoms with Crippen LogP contribution in [0.25, 0.3) is 0 Å². The predicted molar refractivity (Wildman–Crippen MR) is 101 cm³/mol. The van der Waals surface area contributed by atoms with Crippen molar-refractivity contribution in [2.45, 2.75) is 57.2 Å². The number of benzene rings is 1. The second-order valence-electron chi connectivity index (χ2n) is 7.67. The third-order valence-corrected chi connectivity index (χ3v) is 5.91. The van der Waals surface area contributed by atoms with Gasteiger partial charge in [-0.05, 0) is 43.9 Å². The van der Waals surface area contributed by atoms with E-state index in [4.69, 9.17) is 0 Å². The molecule has 2 N–H and O–H groups in total. The monoisotopic (exact) mass is 351 g/mol. The number of carbonyl (C=O) groups is 1. The van der Waals surface area contributed by atoms with E-state index in [2.05, 4.69) is 10.3 Å². The fourth-order valence-electron chi connectivity index (χ4n) is 4.61. The lowest BCUT2D eigenvalue weighted by Crippen LogP contribution is -2.53. The van der Waals surface area contributed by atoms with E-state index in [1.165, 1.54) is 0 Å². The molecule has 3 heterocycles. The van der Waals surface area contributed by atoms with E-state index in [1.54, 1.807) is 12.4 Å². The maximum absolute atomic E-state index is 13.0. The molecule has 2 fully saturated rings. The standard InChI is InChI=1S/C21H25N3O2/c1-14-5-3-6-15(2)19(14)23-20(25)24-17-8-9-18(24)12-21(26,11-17)16-7-4-10-22-13-16/h3-7,10,13,17-18,26H,8-9,11-12H2,1-2H3,(H,23,25)/t17-,18-/m1/s1. The molecule has 1 aromatic heterocycles. The fourth-order valence-corrected chi connectivity index (χ4v) is 4.61. The summed E-state index contributed by atoms with van der Waals surface area (Å²) in [6, 6.07) is 9.87. The van der Waals surface area contributed by atoms with Gasteiger partial charge in [-0.2, -0.15) is 0 Å². The summed E-state index contributed by atoms with van der Waals surface area (Å²) >= 11 is 0. The number of carbonyl (C=O) groups excluding carboxylic acids is 1. The molecule has 0 aliphatic carbocycles. The number of aliphatic hydroxyl groups is 1. The summed E-state index contributed by atoms with van der Waals surface area (Å²) in [7, 11) is 0. The number of urea groups is 1. The summed E-state index contributed by atoms with van der Waals surface area (Å²) in [5.74, 6) is 0. The zero-order chi connectivity index (χ0) is 18.3. The Morgan fingerprint density at radius 3 is 2.38 bits per heavy atom. The molecule has 136 valence electrons. The lowest BCUT2D eigenvalue weighted by Gasteiger charge is -2.43. The van der Waals surface area contributed by atoms with Gasteiger partial charge in [-0.25, -0.2) is 4.79 Å². The largest absolute Gasteiger partial charge is 0.385 e. The zero-order valence-electron chi connectivity index (χ0n) is 15.3. The minimum Gasteiger partial charge on any atom is -0.385 e. The number of piperidine rings is 1. The number of aromatic nitrogens is 1. The van der Waals surface area contributed by atoms with Gasteiger partial charge in [0.15, 0.2) is 0 Å². The third-order valence-electron chi connectivity index (χ3n) is 5.91. The highest BCUT2D eigenvalue weighted by Crippen LogP contribution is 2.45. The first-order valence-corrected chi connectivity index (χ1v) is 9.26. The number of hydrogen-bond donors (Lipinski definition) is 2. The molecule has 0 saturated carbocycles. The van der Waals surface area contributed by atoms with Crippen molar-refractivity contribution < 1.29 is 9.90 Å². The van der Waals surface area contributed by atoms with Crippen LogP contribution in [-0.2, 0) is 5.60 Å². The van der Waals surface area contributed by atoms with Gasteiger partial charge in [0.2, 0.25) is 0 Å². The number of fused-ring (bicyclic) bond motifs is 2. The van der Waals surface area contributed by atoms with Crippen molar-refractivity contribution >= 4 is 11.7 Å². The predicted octanol–water partition coefficient (Wildman–Crippen LogP) is 3.74. The molecule has 2 amide bonds. The Balaban J connectivity index is 1.54. The highest BCUT2D eigenvalue weighted by molar-refractivity contribution is 5.91. The van der Waals surface area contributed by atoms with Crippen molar-refractivity contribution in [1.29, 1.82) is 0 Å². The smallest absolute Gasteiger partial charge is 0.322 e. The molecule has 2 aromatic rings. The lowest BCUT2D eigenvalue weighted by molar-refractivity contribution is -0.0424. The van der Waals surface area contributed by atoms with Crippen LogP contribution in [0.4, 0.5) is 10.5 Å². The normalized spacial score (nSPS) is 27.4. The number of anilines is 1. The van der Waals surface area contributed by atoms with Gasteiger partial charge in [0.25, 0.3) is 0 Å². The Morgan fingerprint density at radius 2 is 1.81 bits per heavy atom. The molecular weight excluding hydrogens is 326 g/mol. The topological polar surface area (TPSA) is 65.5 Å². The molecule has 0 radical (unpaired) electrons. The maximum atomic E-state index is 13.0. The van der Waals surface area contributed by atoms with Gasteiger partial charge in [0.1, 0.15) is 0 Å². The van der Waals surface area contributed by atoms with E-state index in [9.17, 15) is 9.90 Å². The van der Waals surface area contributed by atoms with Crippen molar-refractivity contribution in [2.24, 2.45) is 0 Å². The van der Waals surface area contributed by atoms with Gasteiger partial charge in [0, 0.05) is 48.6 Å². The Morgan fingerprint density at radius 1 is 1.15 bits per heavy atom. The molecule has 2 atom stereocenters. The molecule has 5 nitrogen and oxygen atoms in total. The average molecular weight is 351 g/mol. The van der Waals surface area contributed by atoms with Crippen molar-refractivity contribution in [3.63, 3.8) is 0 Å². The SMILES string of the molecule is Cc1cccc(C)c1NC(=O)N1[C@@H]2CC[C@@H]1CC(O)(c1cccnc1)C2. The highest BCUT2D eigenvalue weighted by atomic mass is 16.3. The molecule has 26 heavy (non-hydrogen) atoms. The first kappa shape index (κ1) is 17.0. The molecule has 5 heteroatoms. The minimum atomic E-state index is -0.893. The summed E-state index contributed by atoms with van der Waals surface area (Å²) in [4.78, 5) is 19.1. The summed E-state index contributed by atoms with van der Waals surface area (Å²) in [6.07, 6.45) is 6.46. The van der Waals surface area contributed by atoms with Gasteiger partial charge in [-0.15, -0.1) is 0 Å². The molecule has 0 unspecified atom stereocenters. The Kier molecular flexibility index (Phi) is 4.19. The highest BCUT2D eigenvalue weighted by Gasteiger charge is 2.50. The summed E-state index contributed by atoms with van der Waals surface area (Å²) in [6.45, 7) is 4.02. The number of nitrogens with one attached hydrogen (secondary N) is 1. The van der Waals surface area contributed by atoms with Crippen LogP contribution < -0.4 is 5.32 Å². The van der Waals surface area contributed by atoms with Crippen LogP contribution in [0.3, 0.4) is 0 Å². The van der Waals surface area contributed by atoms with Crippen molar-refractivity contribution in [2.75, 3.05) is 5.32 Å². The van der Waals surface area contributed by atoms with Crippen molar-refractivity contribution in [3.8, 4) is 0 Å². The lowest BCUT2D eigenvalue weighted by atomic mass is 9.81. The van der Waals surface area contributed by atoms with Crippen LogP contribution in [0.15, 0.2) is 42.7 Å². The number of aryl methyl sites for hydroxylation is 2. The van der Waals surface area contributed by atoms with Crippen LogP contribution in [0.2, 0.25) is 0 Å². The molecule has 2 saturated heterocycles. The van der Waals surface area contributed by atoms with E-state index < -0.39 is 5.60 Å². The van der Waals surface area contributed by atoms with E-state index in [-0.39, 0.29) is 18.1 Å². The number of rotatable bonds is 2. The van der Waals surface area contributed by atoms with Crippen LogP contribution in [0, 0.1) is 13.8 Å². The minimum absolute atomic E-state index is 0.0527. The fraction of sp³-hybridized carbons (Fsp3) is 0.429. The van der Waals surface area contributed by atoms with Gasteiger partial charge < -0.3 is 15.3 Å². The summed E-state index contributed by atoms with van der Waals surface area (Å²) in [5, 5.41) is 14.3. The summed E-state index contributed by atoms with van der Waals surface area (Å²) in [5.41, 5.74) is 2.98. The molecule has 4 rings (SSSR count). The maximum Gasteiger partial charge on any atom is 0.322 e. The van der Waals surface area contributed by atoms with Crippen molar-refractivity contribution in [1.82, 2.24) is 9.88 Å². The zero-order valence-corrected chi connectivity index (χ0v) is 15.3.